The average molecular weight is 475 g/mol. The predicted molar refractivity (Wildman–Crippen MR) is 119 cm³/mol. The summed E-state index contributed by atoms with van der Waals surface area (Å²) in [7, 11) is 0. The lowest BCUT2D eigenvalue weighted by Crippen LogP contribution is -2.52. The van der Waals surface area contributed by atoms with Crippen LogP contribution in [0.15, 0.2) is 36.3 Å². The van der Waals surface area contributed by atoms with Gasteiger partial charge < -0.3 is 14.4 Å². The van der Waals surface area contributed by atoms with Gasteiger partial charge in [-0.3, -0.25) is 24.6 Å². The second-order valence-electron chi connectivity index (χ2n) is 8.08. The minimum absolute atomic E-state index is 0.0908. The Balaban J connectivity index is 1.45. The van der Waals surface area contributed by atoms with E-state index in [9.17, 15) is 18.8 Å². The Morgan fingerprint density at radius 2 is 2.06 bits per heavy atom. The number of hydrogen-bond acceptors (Lipinski definition) is 6. The lowest BCUT2D eigenvalue weighted by Gasteiger charge is -2.29. The first-order valence-corrected chi connectivity index (χ1v) is 10.7. The number of piperidine rings is 1. The summed E-state index contributed by atoms with van der Waals surface area (Å²) in [4.78, 5) is 40.9. The van der Waals surface area contributed by atoms with E-state index in [0.717, 1.165) is 18.7 Å². The highest BCUT2D eigenvalue weighted by Crippen LogP contribution is 2.34. The van der Waals surface area contributed by atoms with Crippen LogP contribution in [-0.4, -0.2) is 59.9 Å². The van der Waals surface area contributed by atoms with Crippen LogP contribution in [0.1, 0.15) is 49.4 Å². The van der Waals surface area contributed by atoms with Gasteiger partial charge in [0.15, 0.2) is 0 Å². The molecule has 2 saturated heterocycles. The minimum atomic E-state index is -3.17. The molecule has 3 amide bonds. The fraction of sp³-hybridized carbons (Fsp3) is 0.400. The van der Waals surface area contributed by atoms with Crippen molar-refractivity contribution in [2.45, 2.75) is 38.5 Å². The summed E-state index contributed by atoms with van der Waals surface area (Å²) in [6.07, 6.45) is -6.32. The van der Waals surface area contributed by atoms with Gasteiger partial charge in [0.2, 0.25) is 11.8 Å². The largest absolute Gasteiger partial charge is 0.488 e. The molecule has 34 heavy (non-hydrogen) atoms. The molecule has 0 aromatic heterocycles. The minimum Gasteiger partial charge on any atom is -0.488 e. The fourth-order valence-corrected chi connectivity index (χ4v) is 4.10. The molecular formula is C25H26FN3O5. The van der Waals surface area contributed by atoms with Crippen molar-refractivity contribution >= 4 is 17.7 Å². The number of morpholine rings is 1. The lowest BCUT2D eigenvalue weighted by atomic mass is 10.0. The van der Waals surface area contributed by atoms with Crippen molar-refractivity contribution in [1.29, 1.82) is 0 Å². The highest BCUT2D eigenvalue weighted by Gasteiger charge is 2.40. The smallest absolute Gasteiger partial charge is 0.255 e. The number of nitrogens with one attached hydrogen (secondary N) is 1. The number of nitrogens with zero attached hydrogens (tertiary/aromatic N) is 2. The van der Waals surface area contributed by atoms with E-state index >= 15 is 0 Å². The summed E-state index contributed by atoms with van der Waals surface area (Å²) in [5.74, 6) is -4.69. The summed E-state index contributed by atoms with van der Waals surface area (Å²) in [6.45, 7) is 2.22. The molecule has 1 atom stereocenters. The number of carbonyl (C=O) groups excluding carboxylic acids is 3. The molecule has 0 saturated carbocycles. The van der Waals surface area contributed by atoms with Gasteiger partial charge in [-0.05, 0) is 36.2 Å². The first kappa shape index (κ1) is 15.6. The summed E-state index contributed by atoms with van der Waals surface area (Å²) in [6, 6.07) is 0.550. The maximum absolute atomic E-state index is 14.7. The van der Waals surface area contributed by atoms with Crippen LogP contribution in [-0.2, 0) is 34.0 Å². The Morgan fingerprint density at radius 3 is 2.88 bits per heavy atom. The van der Waals surface area contributed by atoms with Crippen molar-refractivity contribution in [1.82, 2.24) is 15.1 Å². The van der Waals surface area contributed by atoms with E-state index in [1.807, 2.05) is 0 Å². The molecule has 1 unspecified atom stereocenters. The predicted octanol–water partition coefficient (Wildman–Crippen LogP) is 2.00. The van der Waals surface area contributed by atoms with Crippen LogP contribution >= 0.6 is 0 Å². The maximum Gasteiger partial charge on any atom is 0.255 e. The molecule has 3 heterocycles. The van der Waals surface area contributed by atoms with Crippen LogP contribution in [0.2, 0.25) is 0 Å². The first-order valence-electron chi connectivity index (χ1n) is 14.2. The first-order chi connectivity index (χ1) is 19.3. The highest BCUT2D eigenvalue weighted by atomic mass is 19.1. The van der Waals surface area contributed by atoms with Crippen molar-refractivity contribution in [3.05, 3.63) is 64.4 Å². The molecule has 2 aromatic rings. The Morgan fingerprint density at radius 1 is 1.24 bits per heavy atom. The second kappa shape index (κ2) is 9.52. The van der Waals surface area contributed by atoms with Crippen molar-refractivity contribution in [3.8, 4) is 5.75 Å². The molecule has 0 aliphatic carbocycles. The highest BCUT2D eigenvalue weighted by molar-refractivity contribution is 6.05. The van der Waals surface area contributed by atoms with E-state index in [1.165, 1.54) is 6.07 Å². The lowest BCUT2D eigenvalue weighted by molar-refractivity contribution is -0.136. The normalized spacial score (nSPS) is 26.9. The van der Waals surface area contributed by atoms with Crippen molar-refractivity contribution < 1.29 is 37.8 Å². The van der Waals surface area contributed by atoms with Crippen LogP contribution in [0.25, 0.3) is 0 Å². The van der Waals surface area contributed by atoms with Gasteiger partial charge in [0, 0.05) is 48.2 Å². The molecule has 178 valence electrons. The second-order valence-corrected chi connectivity index (χ2v) is 8.08. The van der Waals surface area contributed by atoms with Crippen molar-refractivity contribution in [3.63, 3.8) is 0 Å². The number of carbonyl (C=O) groups is 3. The van der Waals surface area contributed by atoms with Crippen LogP contribution in [0.5, 0.6) is 5.75 Å². The molecule has 9 heteroatoms. The van der Waals surface area contributed by atoms with Crippen LogP contribution in [0.3, 0.4) is 0 Å². The van der Waals surface area contributed by atoms with Gasteiger partial charge >= 0.3 is 0 Å². The molecule has 0 spiro atoms. The Labute approximate surface area is 206 Å². The average Bonchev–Trinajstić information content (AvgIpc) is 3.24. The van der Waals surface area contributed by atoms with E-state index in [1.54, 1.807) is 17.4 Å². The zero-order chi connectivity index (χ0) is 29.9. The van der Waals surface area contributed by atoms with Gasteiger partial charge in [0.05, 0.1) is 23.9 Å². The third-order valence-corrected chi connectivity index (χ3v) is 5.85. The van der Waals surface area contributed by atoms with Crippen LogP contribution in [0.4, 0.5) is 4.39 Å². The molecule has 3 aliphatic heterocycles. The van der Waals surface area contributed by atoms with E-state index in [-0.39, 0.29) is 16.9 Å². The molecule has 2 fully saturated rings. The maximum atomic E-state index is 14.7. The number of ether oxygens (including phenoxy) is 2. The van der Waals surface area contributed by atoms with E-state index in [4.69, 9.17) is 19.1 Å². The summed E-state index contributed by atoms with van der Waals surface area (Å²) < 4.78 is 83.0. The van der Waals surface area contributed by atoms with Gasteiger partial charge in [-0.2, -0.15) is 0 Å². The van der Waals surface area contributed by atoms with Crippen LogP contribution < -0.4 is 10.1 Å². The molecule has 5 rings (SSSR count). The summed E-state index contributed by atoms with van der Waals surface area (Å²) in [5.41, 5.74) is 0.443. The van der Waals surface area contributed by atoms with E-state index in [2.05, 4.69) is 4.90 Å². The summed E-state index contributed by atoms with van der Waals surface area (Å²) >= 11 is 0. The zero-order valence-electron chi connectivity index (χ0n) is 25.1. The number of halogens is 1. The molecule has 1 N–H and O–H groups in total. The van der Waals surface area contributed by atoms with E-state index in [0.29, 0.717) is 24.7 Å². The van der Waals surface area contributed by atoms with Gasteiger partial charge in [-0.1, -0.05) is 12.1 Å². The molecule has 3 aliphatic rings. The zero-order valence-corrected chi connectivity index (χ0v) is 18.1. The van der Waals surface area contributed by atoms with Crippen LogP contribution in [0, 0.1) is 5.82 Å². The SMILES string of the molecule is [2H]c1c([2H])c(OCc2cc(CN3CCOCC3)ccc2F)c2c(c1[2H])C(=O)N(C1C(=O)NC(=O)C([2H])([2H])C1([2H])[2H])C2. The Bertz CT molecular complexity index is 1450. The number of imide groups is 1. The molecular weight excluding hydrogens is 441 g/mol. The van der Waals surface area contributed by atoms with Crippen molar-refractivity contribution in [2.24, 2.45) is 0 Å². The van der Waals surface area contributed by atoms with Gasteiger partial charge in [-0.25, -0.2) is 4.39 Å². The topological polar surface area (TPSA) is 88.2 Å². The third-order valence-electron chi connectivity index (χ3n) is 5.85. The summed E-state index contributed by atoms with van der Waals surface area (Å²) in [5, 5.41) is 1.75. The number of rotatable bonds is 6. The van der Waals surface area contributed by atoms with Gasteiger partial charge in [-0.15, -0.1) is 0 Å². The standard InChI is InChI=1S/C25H26FN3O5/c26-20-5-4-16(13-28-8-10-33-11-9-28)12-17(20)15-34-22-3-1-2-18-19(22)14-29(25(18)32)21-6-7-23(30)27-24(21)31/h1-5,12,21H,6-11,13-15H2,(H,27,30,31)/i1D,2D,3D,6D2,7D2. The number of benzene rings is 2. The quantitative estimate of drug-likeness (QED) is 0.645. The molecule has 8 nitrogen and oxygen atoms in total. The molecule has 0 bridgehead atoms. The number of fused-ring (bicyclic) bond motifs is 1. The monoisotopic (exact) mass is 474 g/mol. The number of amides is 3. The van der Waals surface area contributed by atoms with Gasteiger partial charge in [0.25, 0.3) is 5.91 Å². The van der Waals surface area contributed by atoms with E-state index < -0.39 is 79.2 Å². The molecule has 0 radical (unpaired) electrons. The Kier molecular flexibility index (Phi) is 4.36. The number of hydrogen-bond donors (Lipinski definition) is 1. The Hall–Kier alpha value is -3.30. The van der Waals surface area contributed by atoms with Crippen molar-refractivity contribution in [2.75, 3.05) is 26.3 Å². The molecule has 2 aromatic carbocycles. The fourth-order valence-electron chi connectivity index (χ4n) is 4.10. The third kappa shape index (κ3) is 4.53. The van der Waals surface area contributed by atoms with Gasteiger partial charge in [0.1, 0.15) is 24.2 Å².